The van der Waals surface area contributed by atoms with E-state index in [-0.39, 0.29) is 18.4 Å². The lowest BCUT2D eigenvalue weighted by molar-refractivity contribution is -0.132. The Morgan fingerprint density at radius 2 is 2.08 bits per heavy atom. The van der Waals surface area contributed by atoms with Gasteiger partial charge in [0.05, 0.1) is 22.6 Å². The number of carbonyl (C=O) groups is 3. The number of hydrogen-bond donors (Lipinski definition) is 2. The Kier molecular flexibility index (Phi) is 6.04. The third-order valence-corrected chi connectivity index (χ3v) is 4.48. The van der Waals surface area contributed by atoms with Crippen LogP contribution in [0.2, 0.25) is 10.0 Å². The summed E-state index contributed by atoms with van der Waals surface area (Å²) in [7, 11) is 1.64. The SMILES string of the molecule is C[C@@H](C(=O)N1CCNC1=O)N(C)CC(=O)Nc1ccc(Cl)c(Cl)c1. The Bertz CT molecular complexity index is 668. The maximum absolute atomic E-state index is 12.3. The van der Waals surface area contributed by atoms with Crippen molar-refractivity contribution in [2.75, 3.05) is 32.0 Å². The van der Waals surface area contributed by atoms with Gasteiger partial charge in [-0.2, -0.15) is 0 Å². The molecule has 0 unspecified atom stereocenters. The van der Waals surface area contributed by atoms with E-state index in [4.69, 9.17) is 23.2 Å². The molecule has 1 fully saturated rings. The molecule has 1 saturated heterocycles. The minimum absolute atomic E-state index is 0.0113. The molecule has 130 valence electrons. The minimum Gasteiger partial charge on any atom is -0.336 e. The summed E-state index contributed by atoms with van der Waals surface area (Å²) in [5.74, 6) is -0.642. The van der Waals surface area contributed by atoms with Gasteiger partial charge in [-0.25, -0.2) is 4.79 Å². The highest BCUT2D eigenvalue weighted by Gasteiger charge is 2.31. The molecule has 24 heavy (non-hydrogen) atoms. The van der Waals surface area contributed by atoms with Crippen molar-refractivity contribution in [2.24, 2.45) is 0 Å². The molecular weight excluding hydrogens is 355 g/mol. The van der Waals surface area contributed by atoms with Crippen molar-refractivity contribution in [1.82, 2.24) is 15.1 Å². The Balaban J connectivity index is 1.91. The van der Waals surface area contributed by atoms with Gasteiger partial charge in [-0.15, -0.1) is 0 Å². The molecule has 0 bridgehead atoms. The number of nitrogens with zero attached hydrogens (tertiary/aromatic N) is 2. The minimum atomic E-state index is -0.603. The van der Waals surface area contributed by atoms with Gasteiger partial charge in [-0.05, 0) is 32.2 Å². The largest absolute Gasteiger partial charge is 0.336 e. The second-order valence-corrected chi connectivity index (χ2v) is 6.30. The van der Waals surface area contributed by atoms with Gasteiger partial charge in [0.15, 0.2) is 0 Å². The molecule has 1 heterocycles. The number of imide groups is 1. The fourth-order valence-electron chi connectivity index (χ4n) is 2.23. The molecular formula is C15H18Cl2N4O3. The van der Waals surface area contributed by atoms with Gasteiger partial charge < -0.3 is 10.6 Å². The standard InChI is InChI=1S/C15H18Cl2N4O3/c1-9(14(23)21-6-5-18-15(21)24)20(2)8-13(22)19-10-3-4-11(16)12(17)7-10/h3-4,7,9H,5-6,8H2,1-2H3,(H,18,24)(H,19,22)/t9-/m0/s1. The fraction of sp³-hybridized carbons (Fsp3) is 0.400. The highest BCUT2D eigenvalue weighted by atomic mass is 35.5. The monoisotopic (exact) mass is 372 g/mol. The Hall–Kier alpha value is -1.83. The van der Waals surface area contributed by atoms with Gasteiger partial charge >= 0.3 is 6.03 Å². The lowest BCUT2D eigenvalue weighted by Crippen LogP contribution is -2.48. The van der Waals surface area contributed by atoms with Crippen LogP contribution in [0, 0.1) is 0 Å². The van der Waals surface area contributed by atoms with Gasteiger partial charge in [0.2, 0.25) is 11.8 Å². The van der Waals surface area contributed by atoms with E-state index in [0.29, 0.717) is 28.8 Å². The second-order valence-electron chi connectivity index (χ2n) is 5.49. The highest BCUT2D eigenvalue weighted by Crippen LogP contribution is 2.24. The number of anilines is 1. The number of carbonyl (C=O) groups excluding carboxylic acids is 3. The summed E-state index contributed by atoms with van der Waals surface area (Å²) >= 11 is 11.7. The number of likely N-dealkylation sites (N-methyl/N-ethyl adjacent to an activating group) is 1. The van der Waals surface area contributed by atoms with Crippen molar-refractivity contribution in [3.63, 3.8) is 0 Å². The van der Waals surface area contributed by atoms with Gasteiger partial charge in [0.1, 0.15) is 0 Å². The number of rotatable bonds is 5. The third-order valence-electron chi connectivity index (χ3n) is 3.74. The van der Waals surface area contributed by atoms with E-state index in [9.17, 15) is 14.4 Å². The maximum Gasteiger partial charge on any atom is 0.324 e. The number of nitrogens with one attached hydrogen (secondary N) is 2. The van der Waals surface area contributed by atoms with Crippen LogP contribution in [0.1, 0.15) is 6.92 Å². The van der Waals surface area contributed by atoms with E-state index >= 15 is 0 Å². The van der Waals surface area contributed by atoms with E-state index < -0.39 is 12.1 Å². The van der Waals surface area contributed by atoms with Crippen LogP contribution >= 0.6 is 23.2 Å². The van der Waals surface area contributed by atoms with Crippen molar-refractivity contribution in [2.45, 2.75) is 13.0 Å². The summed E-state index contributed by atoms with van der Waals surface area (Å²) in [5, 5.41) is 6.00. The van der Waals surface area contributed by atoms with E-state index in [1.165, 1.54) is 0 Å². The lowest BCUT2D eigenvalue weighted by Gasteiger charge is -2.26. The lowest BCUT2D eigenvalue weighted by atomic mass is 10.2. The van der Waals surface area contributed by atoms with Crippen LogP contribution in [-0.4, -0.2) is 60.4 Å². The molecule has 0 aliphatic carbocycles. The smallest absolute Gasteiger partial charge is 0.324 e. The summed E-state index contributed by atoms with van der Waals surface area (Å²) in [6.45, 7) is 2.42. The molecule has 1 aromatic rings. The number of halogens is 2. The first-order valence-electron chi connectivity index (χ1n) is 7.34. The zero-order valence-corrected chi connectivity index (χ0v) is 14.8. The Morgan fingerprint density at radius 1 is 1.38 bits per heavy atom. The quantitative estimate of drug-likeness (QED) is 0.825. The van der Waals surface area contributed by atoms with Crippen molar-refractivity contribution in [3.05, 3.63) is 28.2 Å². The van der Waals surface area contributed by atoms with E-state index in [0.717, 1.165) is 4.90 Å². The average molecular weight is 373 g/mol. The second kappa shape index (κ2) is 7.83. The molecule has 1 aliphatic heterocycles. The summed E-state index contributed by atoms with van der Waals surface area (Å²) in [6, 6.07) is 3.76. The Labute approximate surface area is 149 Å². The van der Waals surface area contributed by atoms with Crippen molar-refractivity contribution in [3.8, 4) is 0 Å². The number of urea groups is 1. The number of benzene rings is 1. The molecule has 2 rings (SSSR count). The van der Waals surface area contributed by atoms with Gasteiger partial charge in [0.25, 0.3) is 0 Å². The van der Waals surface area contributed by atoms with Crippen LogP contribution < -0.4 is 10.6 Å². The number of amides is 4. The first-order valence-corrected chi connectivity index (χ1v) is 8.09. The summed E-state index contributed by atoms with van der Waals surface area (Å²) in [4.78, 5) is 38.6. The highest BCUT2D eigenvalue weighted by molar-refractivity contribution is 6.42. The van der Waals surface area contributed by atoms with Gasteiger partial charge in [-0.3, -0.25) is 19.4 Å². The summed E-state index contributed by atoms with van der Waals surface area (Å²) in [6.07, 6.45) is 0. The summed E-state index contributed by atoms with van der Waals surface area (Å²) in [5.41, 5.74) is 0.515. The van der Waals surface area contributed by atoms with Gasteiger partial charge in [0, 0.05) is 18.8 Å². The van der Waals surface area contributed by atoms with E-state index in [1.54, 1.807) is 37.1 Å². The van der Waals surface area contributed by atoms with Gasteiger partial charge in [-0.1, -0.05) is 23.2 Å². The summed E-state index contributed by atoms with van der Waals surface area (Å²) < 4.78 is 0. The first-order chi connectivity index (χ1) is 11.3. The third kappa shape index (κ3) is 4.37. The molecule has 0 saturated carbocycles. The molecule has 4 amide bonds. The molecule has 0 aromatic heterocycles. The van der Waals surface area contributed by atoms with Crippen molar-refractivity contribution < 1.29 is 14.4 Å². The van der Waals surface area contributed by atoms with E-state index in [2.05, 4.69) is 10.6 Å². The number of hydrogen-bond acceptors (Lipinski definition) is 4. The van der Waals surface area contributed by atoms with Crippen LogP contribution in [0.15, 0.2) is 18.2 Å². The predicted octanol–water partition coefficient (Wildman–Crippen LogP) is 1.80. The normalized spacial score (nSPS) is 15.4. The van der Waals surface area contributed by atoms with Crippen molar-refractivity contribution in [1.29, 1.82) is 0 Å². The molecule has 2 N–H and O–H groups in total. The fourth-order valence-corrected chi connectivity index (χ4v) is 2.53. The molecule has 0 radical (unpaired) electrons. The van der Waals surface area contributed by atoms with Crippen LogP contribution in [0.25, 0.3) is 0 Å². The molecule has 0 spiro atoms. The van der Waals surface area contributed by atoms with Crippen molar-refractivity contribution >= 4 is 46.7 Å². The predicted molar refractivity (Wildman–Crippen MR) is 92.3 cm³/mol. The maximum atomic E-state index is 12.3. The zero-order valence-electron chi connectivity index (χ0n) is 13.3. The van der Waals surface area contributed by atoms with Crippen LogP contribution in [0.3, 0.4) is 0 Å². The first kappa shape index (κ1) is 18.5. The Morgan fingerprint density at radius 3 is 2.67 bits per heavy atom. The zero-order chi connectivity index (χ0) is 17.9. The molecule has 1 atom stereocenters. The van der Waals surface area contributed by atoms with Crippen LogP contribution in [0.5, 0.6) is 0 Å². The van der Waals surface area contributed by atoms with Crippen LogP contribution in [-0.2, 0) is 9.59 Å². The van der Waals surface area contributed by atoms with E-state index in [1.807, 2.05) is 0 Å². The molecule has 1 aliphatic rings. The molecule has 7 nitrogen and oxygen atoms in total. The van der Waals surface area contributed by atoms with Crippen LogP contribution in [0.4, 0.5) is 10.5 Å². The average Bonchev–Trinajstić information content (AvgIpc) is 2.95. The topological polar surface area (TPSA) is 81.8 Å². The molecule has 1 aromatic carbocycles. The molecule has 9 heteroatoms.